The second-order valence-corrected chi connectivity index (χ2v) is 4.23. The molecule has 0 aliphatic carbocycles. The van der Waals surface area contributed by atoms with Crippen molar-refractivity contribution in [3.63, 3.8) is 0 Å². The Labute approximate surface area is 85.6 Å². The number of carboxylic acids is 1. The molecule has 0 spiro atoms. The first-order valence-electron chi connectivity index (χ1n) is 4.11. The molecule has 4 nitrogen and oxygen atoms in total. The minimum Gasteiger partial charge on any atom is -0.480 e. The molecule has 5 heteroatoms. The Morgan fingerprint density at radius 1 is 1.50 bits per heavy atom. The molecular weight excluding hydrogens is 202 g/mol. The third-order valence-corrected chi connectivity index (χ3v) is 2.68. The largest absolute Gasteiger partial charge is 0.480 e. The zero-order valence-electron chi connectivity index (χ0n) is 7.90. The van der Waals surface area contributed by atoms with E-state index in [1.807, 2.05) is 13.0 Å². The lowest BCUT2D eigenvalue weighted by Crippen LogP contribution is -2.37. The molecule has 1 unspecified atom stereocenters. The van der Waals surface area contributed by atoms with Crippen LogP contribution in [0.5, 0.6) is 0 Å². The summed E-state index contributed by atoms with van der Waals surface area (Å²) in [5.41, 5.74) is 0. The Bertz CT molecular complexity index is 359. The van der Waals surface area contributed by atoms with Crippen molar-refractivity contribution >= 4 is 23.2 Å². The number of rotatable bonds is 3. The monoisotopic (exact) mass is 213 g/mol. The van der Waals surface area contributed by atoms with Crippen molar-refractivity contribution in [1.82, 2.24) is 5.32 Å². The molecule has 2 N–H and O–H groups in total. The van der Waals surface area contributed by atoms with E-state index >= 15 is 0 Å². The fraction of sp³-hybridized carbons (Fsp3) is 0.333. The summed E-state index contributed by atoms with van der Waals surface area (Å²) in [6.07, 6.45) is 0. The fourth-order valence-corrected chi connectivity index (χ4v) is 1.66. The molecule has 1 atom stereocenters. The fourth-order valence-electron chi connectivity index (χ4n) is 0.886. The predicted octanol–water partition coefficient (Wildman–Crippen LogP) is 1.26. The van der Waals surface area contributed by atoms with E-state index in [1.54, 1.807) is 6.07 Å². The van der Waals surface area contributed by atoms with Crippen molar-refractivity contribution in [2.24, 2.45) is 0 Å². The summed E-state index contributed by atoms with van der Waals surface area (Å²) in [7, 11) is 0. The molecule has 0 saturated heterocycles. The van der Waals surface area contributed by atoms with Gasteiger partial charge in [-0.15, -0.1) is 11.3 Å². The minimum atomic E-state index is -1.04. The van der Waals surface area contributed by atoms with Crippen LogP contribution in [-0.4, -0.2) is 23.0 Å². The molecule has 14 heavy (non-hydrogen) atoms. The predicted molar refractivity (Wildman–Crippen MR) is 53.6 cm³/mol. The minimum absolute atomic E-state index is 0.335. The van der Waals surface area contributed by atoms with Crippen molar-refractivity contribution in [1.29, 1.82) is 0 Å². The highest BCUT2D eigenvalue weighted by molar-refractivity contribution is 7.13. The molecule has 1 aromatic rings. The lowest BCUT2D eigenvalue weighted by atomic mass is 10.3. The van der Waals surface area contributed by atoms with Crippen LogP contribution >= 0.6 is 11.3 Å². The number of hydrogen-bond donors (Lipinski definition) is 2. The van der Waals surface area contributed by atoms with Gasteiger partial charge in [0.2, 0.25) is 0 Å². The maximum Gasteiger partial charge on any atom is 0.325 e. The van der Waals surface area contributed by atoms with Gasteiger partial charge < -0.3 is 10.4 Å². The summed E-state index contributed by atoms with van der Waals surface area (Å²) in [5, 5.41) is 11.0. The van der Waals surface area contributed by atoms with Crippen LogP contribution in [0, 0.1) is 6.92 Å². The number of hydrogen-bond acceptors (Lipinski definition) is 3. The Hall–Kier alpha value is -1.36. The number of thiophene rings is 1. The van der Waals surface area contributed by atoms with E-state index in [1.165, 1.54) is 18.3 Å². The van der Waals surface area contributed by atoms with Gasteiger partial charge in [-0.25, -0.2) is 0 Å². The number of carbonyl (C=O) groups is 2. The molecule has 76 valence electrons. The van der Waals surface area contributed by atoms with E-state index in [-0.39, 0.29) is 5.91 Å². The average Bonchev–Trinajstić information content (AvgIpc) is 2.51. The molecule has 0 fully saturated rings. The van der Waals surface area contributed by atoms with Gasteiger partial charge in [0.25, 0.3) is 5.91 Å². The van der Waals surface area contributed by atoms with E-state index < -0.39 is 12.0 Å². The molecule has 0 aliphatic rings. The highest BCUT2D eigenvalue weighted by Gasteiger charge is 2.15. The normalized spacial score (nSPS) is 12.1. The molecule has 1 aromatic heterocycles. The summed E-state index contributed by atoms with van der Waals surface area (Å²) in [4.78, 5) is 23.4. The second kappa shape index (κ2) is 4.23. The molecule has 0 aromatic carbocycles. The van der Waals surface area contributed by atoms with E-state index in [9.17, 15) is 9.59 Å². The van der Waals surface area contributed by atoms with Gasteiger partial charge in [0.05, 0.1) is 4.88 Å². The van der Waals surface area contributed by atoms with Gasteiger partial charge in [-0.2, -0.15) is 0 Å². The van der Waals surface area contributed by atoms with E-state index in [4.69, 9.17) is 5.11 Å². The second-order valence-electron chi connectivity index (χ2n) is 2.94. The zero-order valence-corrected chi connectivity index (χ0v) is 8.72. The number of amides is 1. The highest BCUT2D eigenvalue weighted by atomic mass is 32.1. The van der Waals surface area contributed by atoms with E-state index in [0.29, 0.717) is 4.88 Å². The summed E-state index contributed by atoms with van der Waals surface area (Å²) in [6, 6.07) is 2.65. The van der Waals surface area contributed by atoms with Crippen molar-refractivity contribution in [3.05, 3.63) is 21.9 Å². The van der Waals surface area contributed by atoms with E-state index in [2.05, 4.69) is 5.32 Å². The maximum absolute atomic E-state index is 11.4. The quantitative estimate of drug-likeness (QED) is 0.794. The molecule has 0 aliphatic heterocycles. The lowest BCUT2D eigenvalue weighted by Gasteiger charge is -2.07. The van der Waals surface area contributed by atoms with Crippen molar-refractivity contribution in [2.45, 2.75) is 19.9 Å². The topological polar surface area (TPSA) is 66.4 Å². The van der Waals surface area contributed by atoms with Gasteiger partial charge in [0.15, 0.2) is 0 Å². The molecule has 1 amide bonds. The van der Waals surface area contributed by atoms with Crippen molar-refractivity contribution in [3.8, 4) is 0 Å². The number of nitrogens with one attached hydrogen (secondary N) is 1. The van der Waals surface area contributed by atoms with E-state index in [0.717, 1.165) is 4.88 Å². The highest BCUT2D eigenvalue weighted by Crippen LogP contribution is 2.14. The molecule has 1 heterocycles. The van der Waals surface area contributed by atoms with Gasteiger partial charge in [0, 0.05) is 4.88 Å². The van der Waals surface area contributed by atoms with Gasteiger partial charge >= 0.3 is 5.97 Å². The smallest absolute Gasteiger partial charge is 0.325 e. The van der Waals surface area contributed by atoms with Crippen molar-refractivity contribution < 1.29 is 14.7 Å². The third-order valence-electron chi connectivity index (χ3n) is 1.68. The number of aliphatic carboxylic acids is 1. The molecule has 0 saturated carbocycles. The Balaban J connectivity index is 2.63. The average molecular weight is 213 g/mol. The first kappa shape index (κ1) is 10.7. The number of carbonyl (C=O) groups excluding carboxylic acids is 1. The van der Waals surface area contributed by atoms with Crippen LogP contribution in [0.3, 0.4) is 0 Å². The first-order chi connectivity index (χ1) is 6.50. The molecular formula is C9H11NO3S. The van der Waals surface area contributed by atoms with Crippen LogP contribution < -0.4 is 5.32 Å². The Morgan fingerprint density at radius 2 is 2.14 bits per heavy atom. The standard InChI is InChI=1S/C9H11NO3S/c1-5-3-4-7(14-5)8(11)10-6(2)9(12)13/h3-4,6H,1-2H3,(H,10,11)(H,12,13). The number of aryl methyl sites for hydroxylation is 1. The van der Waals surface area contributed by atoms with Crippen LogP contribution in [-0.2, 0) is 4.79 Å². The van der Waals surface area contributed by atoms with Crippen LogP contribution in [0.1, 0.15) is 21.5 Å². The van der Waals surface area contributed by atoms with Gasteiger partial charge in [-0.1, -0.05) is 0 Å². The van der Waals surface area contributed by atoms with Crippen LogP contribution in [0.4, 0.5) is 0 Å². The van der Waals surface area contributed by atoms with Crippen LogP contribution in [0.2, 0.25) is 0 Å². The summed E-state index contributed by atoms with van der Waals surface area (Å²) in [5.74, 6) is -1.37. The molecule has 0 bridgehead atoms. The number of carboxylic acid groups (broad SMARTS) is 1. The summed E-state index contributed by atoms with van der Waals surface area (Å²) >= 11 is 1.34. The third kappa shape index (κ3) is 2.56. The van der Waals surface area contributed by atoms with Gasteiger partial charge in [-0.3, -0.25) is 9.59 Å². The van der Waals surface area contributed by atoms with Crippen molar-refractivity contribution in [2.75, 3.05) is 0 Å². The maximum atomic E-state index is 11.4. The molecule has 1 rings (SSSR count). The zero-order chi connectivity index (χ0) is 10.7. The summed E-state index contributed by atoms with van der Waals surface area (Å²) < 4.78 is 0. The summed E-state index contributed by atoms with van der Waals surface area (Å²) in [6.45, 7) is 3.32. The lowest BCUT2D eigenvalue weighted by molar-refractivity contribution is -0.138. The Kier molecular flexibility index (Phi) is 3.24. The molecule has 0 radical (unpaired) electrons. The Morgan fingerprint density at radius 3 is 2.57 bits per heavy atom. The first-order valence-corrected chi connectivity index (χ1v) is 4.92. The van der Waals surface area contributed by atoms with Gasteiger partial charge in [0.1, 0.15) is 6.04 Å². The van der Waals surface area contributed by atoms with Crippen LogP contribution in [0.25, 0.3) is 0 Å². The van der Waals surface area contributed by atoms with Crippen LogP contribution in [0.15, 0.2) is 12.1 Å². The van der Waals surface area contributed by atoms with Gasteiger partial charge in [-0.05, 0) is 26.0 Å². The SMILES string of the molecule is Cc1ccc(C(=O)NC(C)C(=O)O)s1.